The number of hydrogen-bond donors (Lipinski definition) is 1. The zero-order chi connectivity index (χ0) is 28.8. The molecule has 0 saturated heterocycles. The van der Waals surface area contributed by atoms with Gasteiger partial charge in [-0.3, -0.25) is 4.55 Å². The molecule has 224 valence electrons. The van der Waals surface area contributed by atoms with Crippen molar-refractivity contribution in [2.24, 2.45) is 0 Å². The number of aryl methyl sites for hydroxylation is 1. The molecule has 2 aromatic carbocycles. The molecule has 0 spiro atoms. The summed E-state index contributed by atoms with van der Waals surface area (Å²) in [5, 5.41) is 1.06. The highest BCUT2D eigenvalue weighted by molar-refractivity contribution is 7.99. The number of aromatic nitrogens is 1. The highest BCUT2D eigenvalue weighted by Crippen LogP contribution is 2.30. The van der Waals surface area contributed by atoms with Crippen LogP contribution in [0.1, 0.15) is 23.4 Å². The van der Waals surface area contributed by atoms with Crippen molar-refractivity contribution in [2.45, 2.75) is 19.4 Å². The maximum absolute atomic E-state index is 11.1. The SMILES string of the molecule is O=S(=O)(O)CCCC[n+]1c(/C=C/c2ccc3c(c2)OCCSCCOCCOCCSCCO3)sc2ccccc21. The number of ether oxygens (including phenoxy) is 4. The van der Waals surface area contributed by atoms with E-state index in [1.54, 1.807) is 34.9 Å². The quantitative estimate of drug-likeness (QED) is 0.210. The molecule has 3 aromatic rings. The van der Waals surface area contributed by atoms with Crippen molar-refractivity contribution >= 4 is 67.3 Å². The predicted molar refractivity (Wildman–Crippen MR) is 170 cm³/mol. The third-order valence-electron chi connectivity index (χ3n) is 6.14. The molecule has 1 aliphatic heterocycles. The molecule has 12 heteroatoms. The summed E-state index contributed by atoms with van der Waals surface area (Å²) >= 11 is 5.29. The number of benzene rings is 2. The second kappa shape index (κ2) is 17.3. The number of fused-ring (bicyclic) bond motifs is 2. The van der Waals surface area contributed by atoms with Gasteiger partial charge in [-0.1, -0.05) is 29.5 Å². The number of thioether (sulfide) groups is 2. The normalized spacial score (nSPS) is 16.9. The largest absolute Gasteiger partial charge is 0.489 e. The Morgan fingerprint density at radius 3 is 2.22 bits per heavy atom. The van der Waals surface area contributed by atoms with Gasteiger partial charge in [0.15, 0.2) is 18.0 Å². The van der Waals surface area contributed by atoms with E-state index in [1.165, 1.54) is 0 Å². The van der Waals surface area contributed by atoms with Crippen LogP contribution in [0, 0.1) is 0 Å². The second-order valence-corrected chi connectivity index (χ2v) is 14.3. The summed E-state index contributed by atoms with van der Waals surface area (Å²) in [5.41, 5.74) is 2.10. The van der Waals surface area contributed by atoms with Crippen LogP contribution < -0.4 is 14.0 Å². The number of para-hydroxylation sites is 1. The van der Waals surface area contributed by atoms with Gasteiger partial charge in [0.25, 0.3) is 15.1 Å². The minimum atomic E-state index is -3.95. The molecule has 0 atom stereocenters. The molecule has 0 saturated carbocycles. The summed E-state index contributed by atoms with van der Waals surface area (Å²) in [5.74, 6) is 4.80. The smallest absolute Gasteiger partial charge is 0.264 e. The fraction of sp³-hybridized carbons (Fsp3) is 0.483. The summed E-state index contributed by atoms with van der Waals surface area (Å²) in [7, 11) is -3.95. The summed E-state index contributed by atoms with van der Waals surface area (Å²) < 4.78 is 58.2. The van der Waals surface area contributed by atoms with Gasteiger partial charge in [0.1, 0.15) is 4.70 Å². The van der Waals surface area contributed by atoms with Gasteiger partial charge in [-0.15, -0.1) is 0 Å². The van der Waals surface area contributed by atoms with Crippen molar-refractivity contribution in [1.82, 2.24) is 0 Å². The Labute approximate surface area is 255 Å². The van der Waals surface area contributed by atoms with Crippen LogP contribution in [0.25, 0.3) is 22.4 Å². The molecular weight excluding hydrogens is 603 g/mol. The molecule has 0 bridgehead atoms. The van der Waals surface area contributed by atoms with Crippen LogP contribution in [0.4, 0.5) is 0 Å². The molecule has 0 aliphatic carbocycles. The van der Waals surface area contributed by atoms with Crippen molar-refractivity contribution in [3.8, 4) is 11.5 Å². The fourth-order valence-corrected chi connectivity index (χ4v) is 7.11. The van der Waals surface area contributed by atoms with E-state index in [-0.39, 0.29) is 5.75 Å². The van der Waals surface area contributed by atoms with Gasteiger partial charge >= 0.3 is 0 Å². The molecule has 0 radical (unpaired) electrons. The minimum absolute atomic E-state index is 0.225. The monoisotopic (exact) mass is 640 g/mol. The van der Waals surface area contributed by atoms with Gasteiger partial charge in [-0.05, 0) is 36.3 Å². The van der Waals surface area contributed by atoms with Crippen LogP contribution in [-0.4, -0.2) is 81.4 Å². The first kappa shape index (κ1) is 32.1. The fourth-order valence-electron chi connectivity index (χ4n) is 4.17. The molecule has 0 amide bonds. The standard InChI is InChI=1S/C29H37NO7S4/c31-41(32,33)22-4-3-11-30-25-5-1-2-6-28(25)40-29(30)10-8-24-7-9-26-27(23-24)37-17-21-39-19-15-35-13-12-34-14-18-38-20-16-36-26/h1-2,5-10,23H,3-4,11-22H2/p+1/b10-8+. The molecule has 41 heavy (non-hydrogen) atoms. The van der Waals surface area contributed by atoms with Gasteiger partial charge < -0.3 is 18.9 Å². The Morgan fingerprint density at radius 1 is 0.805 bits per heavy atom. The molecule has 1 aliphatic rings. The number of thiazole rings is 1. The summed E-state index contributed by atoms with van der Waals surface area (Å²) in [6.07, 6.45) is 5.20. The van der Waals surface area contributed by atoms with E-state index in [9.17, 15) is 8.42 Å². The maximum atomic E-state index is 11.1. The molecule has 4 rings (SSSR count). The minimum Gasteiger partial charge on any atom is -0.489 e. The summed E-state index contributed by atoms with van der Waals surface area (Å²) in [6, 6.07) is 14.2. The number of nitrogens with zero attached hydrogens (tertiary/aromatic N) is 1. The number of unbranched alkanes of at least 4 members (excludes halogenated alkanes) is 1. The highest BCUT2D eigenvalue weighted by Gasteiger charge is 2.18. The predicted octanol–water partition coefficient (Wildman–Crippen LogP) is 5.30. The van der Waals surface area contributed by atoms with Gasteiger partial charge in [0.2, 0.25) is 5.52 Å². The Bertz CT molecular complexity index is 1360. The molecule has 8 nitrogen and oxygen atoms in total. The van der Waals surface area contributed by atoms with Crippen LogP contribution in [-0.2, 0) is 26.1 Å². The second-order valence-electron chi connectivity index (χ2n) is 9.24. The number of hydrogen-bond acceptors (Lipinski definition) is 9. The van der Waals surface area contributed by atoms with E-state index in [2.05, 4.69) is 28.9 Å². The Hall–Kier alpha value is -1.80. The van der Waals surface area contributed by atoms with Crippen molar-refractivity contribution in [3.05, 3.63) is 53.0 Å². The average molecular weight is 641 g/mol. The first-order valence-corrected chi connectivity index (χ1v) is 18.5. The maximum Gasteiger partial charge on any atom is 0.264 e. The topological polar surface area (TPSA) is 95.2 Å². The van der Waals surface area contributed by atoms with E-state index >= 15 is 0 Å². The van der Waals surface area contributed by atoms with Gasteiger partial charge in [-0.25, -0.2) is 0 Å². The Morgan fingerprint density at radius 2 is 1.49 bits per heavy atom. The van der Waals surface area contributed by atoms with Crippen LogP contribution in [0.5, 0.6) is 11.5 Å². The van der Waals surface area contributed by atoms with E-state index in [0.717, 1.165) is 55.3 Å². The molecule has 1 N–H and O–H groups in total. The van der Waals surface area contributed by atoms with E-state index in [1.807, 2.05) is 30.3 Å². The van der Waals surface area contributed by atoms with Gasteiger partial charge in [-0.2, -0.15) is 36.5 Å². The first-order valence-electron chi connectivity index (χ1n) is 13.7. The Balaban J connectivity index is 1.46. The zero-order valence-electron chi connectivity index (χ0n) is 23.1. The average Bonchev–Trinajstić information content (AvgIpc) is 3.31. The van der Waals surface area contributed by atoms with Crippen LogP contribution >= 0.6 is 34.9 Å². The molecular formula is C29H38NO7S4+. The van der Waals surface area contributed by atoms with Crippen LogP contribution in [0.2, 0.25) is 0 Å². The lowest BCUT2D eigenvalue weighted by molar-refractivity contribution is -0.669. The lowest BCUT2D eigenvalue weighted by Crippen LogP contribution is -2.35. The lowest BCUT2D eigenvalue weighted by atomic mass is 10.2. The summed E-state index contributed by atoms with van der Waals surface area (Å²) in [6.45, 7) is 4.50. The van der Waals surface area contributed by atoms with Crippen LogP contribution in [0.3, 0.4) is 0 Å². The van der Waals surface area contributed by atoms with E-state index in [4.69, 9.17) is 23.5 Å². The first-order chi connectivity index (χ1) is 20.0. The number of rotatable bonds is 7. The van der Waals surface area contributed by atoms with Crippen molar-refractivity contribution in [2.75, 3.05) is 68.4 Å². The van der Waals surface area contributed by atoms with Gasteiger partial charge in [0, 0.05) is 41.6 Å². The van der Waals surface area contributed by atoms with Crippen molar-refractivity contribution in [1.29, 1.82) is 0 Å². The van der Waals surface area contributed by atoms with E-state index < -0.39 is 10.1 Å². The summed E-state index contributed by atoms with van der Waals surface area (Å²) in [4.78, 5) is 0. The molecule has 1 aromatic heterocycles. The van der Waals surface area contributed by atoms with Gasteiger partial charge in [0.05, 0.1) is 45.4 Å². The Kier molecular flexibility index (Phi) is 13.6. The molecule has 0 unspecified atom stereocenters. The third-order valence-corrected chi connectivity index (χ3v) is 9.90. The molecule has 2 heterocycles. The third kappa shape index (κ3) is 11.4. The molecule has 0 fully saturated rings. The van der Waals surface area contributed by atoms with Crippen molar-refractivity contribution < 1.29 is 36.5 Å². The van der Waals surface area contributed by atoms with E-state index in [0.29, 0.717) is 59.0 Å². The lowest BCUT2D eigenvalue weighted by Gasteiger charge is -2.14. The van der Waals surface area contributed by atoms with Crippen molar-refractivity contribution in [3.63, 3.8) is 0 Å². The highest BCUT2D eigenvalue weighted by atomic mass is 32.2. The zero-order valence-corrected chi connectivity index (χ0v) is 26.3. The van der Waals surface area contributed by atoms with Crippen LogP contribution in [0.15, 0.2) is 42.5 Å².